The van der Waals surface area contributed by atoms with E-state index in [4.69, 9.17) is 4.74 Å². The number of allylic oxidation sites excluding steroid dienone is 3. The Bertz CT molecular complexity index is 603. The van der Waals surface area contributed by atoms with E-state index >= 15 is 0 Å². The Morgan fingerprint density at radius 2 is 2.04 bits per heavy atom. The van der Waals surface area contributed by atoms with Gasteiger partial charge in [0.05, 0.1) is 12.0 Å². The molecular weight excluding hydrogens is 300 g/mol. The number of para-hydroxylation sites is 1. The summed E-state index contributed by atoms with van der Waals surface area (Å²) in [7, 11) is 0. The van der Waals surface area contributed by atoms with E-state index in [1.807, 2.05) is 43.4 Å². The highest BCUT2D eigenvalue weighted by Crippen LogP contribution is 2.41. The average Bonchev–Trinajstić information content (AvgIpc) is 2.60. The van der Waals surface area contributed by atoms with Crippen LogP contribution in [0.2, 0.25) is 0 Å². The van der Waals surface area contributed by atoms with Crippen molar-refractivity contribution in [3.05, 3.63) is 54.1 Å². The highest BCUT2D eigenvalue weighted by atomic mass is 16.5. The van der Waals surface area contributed by atoms with Crippen LogP contribution in [0, 0.1) is 11.3 Å². The molecule has 24 heavy (non-hydrogen) atoms. The Kier molecular flexibility index (Phi) is 6.65. The molecule has 0 bridgehead atoms. The van der Waals surface area contributed by atoms with Gasteiger partial charge in [0.15, 0.2) is 0 Å². The fraction of sp³-hybridized carbons (Fsp3) is 0.476. The first-order valence-electron chi connectivity index (χ1n) is 8.94. The summed E-state index contributed by atoms with van der Waals surface area (Å²) in [6.07, 6.45) is 12.1. The summed E-state index contributed by atoms with van der Waals surface area (Å²) in [5.74, 6) is 0.214. The molecule has 1 aromatic rings. The van der Waals surface area contributed by atoms with Gasteiger partial charge in [-0.2, -0.15) is 0 Å². The zero-order valence-corrected chi connectivity index (χ0v) is 14.7. The maximum atomic E-state index is 12.1. The molecule has 0 heterocycles. The molecule has 0 aliphatic heterocycles. The van der Waals surface area contributed by atoms with Crippen molar-refractivity contribution in [2.45, 2.75) is 46.0 Å². The molecule has 1 N–H and O–H groups in total. The molecular formula is C21H28O3. The Hall–Kier alpha value is -2.03. The number of aryl methyl sites for hydroxylation is 1. The van der Waals surface area contributed by atoms with Crippen LogP contribution >= 0.6 is 0 Å². The van der Waals surface area contributed by atoms with Crippen molar-refractivity contribution in [2.75, 3.05) is 6.61 Å². The van der Waals surface area contributed by atoms with Crippen molar-refractivity contribution >= 4 is 5.97 Å². The van der Waals surface area contributed by atoms with Crippen molar-refractivity contribution in [3.8, 4) is 5.75 Å². The molecule has 0 saturated carbocycles. The lowest BCUT2D eigenvalue weighted by Gasteiger charge is -2.35. The molecule has 0 spiro atoms. The summed E-state index contributed by atoms with van der Waals surface area (Å²) in [6.45, 7) is 4.72. The first kappa shape index (κ1) is 18.3. The molecule has 0 fully saturated rings. The van der Waals surface area contributed by atoms with Crippen LogP contribution in [0.3, 0.4) is 0 Å². The minimum absolute atomic E-state index is 0.0150. The van der Waals surface area contributed by atoms with Crippen LogP contribution in [0.1, 0.15) is 45.1 Å². The van der Waals surface area contributed by atoms with E-state index < -0.39 is 11.4 Å². The summed E-state index contributed by atoms with van der Waals surface area (Å²) in [6, 6.07) is 8.04. The number of carbonyl (C=O) groups is 1. The number of carboxylic acid groups (broad SMARTS) is 1. The normalized spacial score (nSPS) is 22.5. The van der Waals surface area contributed by atoms with E-state index in [1.165, 1.54) is 0 Å². The number of aliphatic carboxylic acids is 1. The smallest absolute Gasteiger partial charge is 0.314 e. The zero-order chi connectivity index (χ0) is 17.4. The zero-order valence-electron chi connectivity index (χ0n) is 14.7. The predicted octanol–water partition coefficient (Wildman–Crippen LogP) is 5.02. The molecule has 3 heteroatoms. The summed E-state index contributed by atoms with van der Waals surface area (Å²) in [4.78, 5) is 12.1. The van der Waals surface area contributed by atoms with Gasteiger partial charge in [-0.05, 0) is 43.7 Å². The number of benzene rings is 1. The van der Waals surface area contributed by atoms with Crippen LogP contribution in [0.15, 0.2) is 48.6 Å². The second-order valence-corrected chi connectivity index (χ2v) is 6.38. The maximum Gasteiger partial charge on any atom is 0.314 e. The lowest BCUT2D eigenvalue weighted by atomic mass is 9.67. The SMILES string of the molecule is CCCCC1(C(=O)O)C=CC=CC1CCc1ccccc1OCC. The largest absolute Gasteiger partial charge is 0.494 e. The Balaban J connectivity index is 2.16. The van der Waals surface area contributed by atoms with Crippen molar-refractivity contribution in [3.63, 3.8) is 0 Å². The van der Waals surface area contributed by atoms with Gasteiger partial charge in [0.2, 0.25) is 0 Å². The fourth-order valence-electron chi connectivity index (χ4n) is 3.47. The predicted molar refractivity (Wildman–Crippen MR) is 97.3 cm³/mol. The molecule has 0 aromatic heterocycles. The average molecular weight is 328 g/mol. The summed E-state index contributed by atoms with van der Waals surface area (Å²) >= 11 is 0. The third-order valence-electron chi connectivity index (χ3n) is 4.85. The number of rotatable bonds is 9. The van der Waals surface area contributed by atoms with Gasteiger partial charge in [-0.25, -0.2) is 0 Å². The second kappa shape index (κ2) is 8.72. The molecule has 2 rings (SSSR count). The Morgan fingerprint density at radius 1 is 1.25 bits per heavy atom. The molecule has 2 atom stereocenters. The van der Waals surface area contributed by atoms with E-state index in [2.05, 4.69) is 19.1 Å². The lowest BCUT2D eigenvalue weighted by Crippen LogP contribution is -2.37. The molecule has 3 nitrogen and oxygen atoms in total. The summed E-state index contributed by atoms with van der Waals surface area (Å²) in [5.41, 5.74) is 0.378. The van der Waals surface area contributed by atoms with Crippen LogP contribution in [-0.4, -0.2) is 17.7 Å². The van der Waals surface area contributed by atoms with Crippen molar-refractivity contribution in [1.82, 2.24) is 0 Å². The Morgan fingerprint density at radius 3 is 2.75 bits per heavy atom. The van der Waals surface area contributed by atoms with E-state index in [0.717, 1.165) is 37.0 Å². The van der Waals surface area contributed by atoms with Gasteiger partial charge >= 0.3 is 5.97 Å². The van der Waals surface area contributed by atoms with E-state index in [9.17, 15) is 9.90 Å². The molecule has 0 radical (unpaired) electrons. The topological polar surface area (TPSA) is 46.5 Å². The van der Waals surface area contributed by atoms with Crippen LogP contribution in [-0.2, 0) is 11.2 Å². The Labute approximate surface area is 145 Å². The lowest BCUT2D eigenvalue weighted by molar-refractivity contribution is -0.148. The maximum absolute atomic E-state index is 12.1. The quantitative estimate of drug-likeness (QED) is 0.692. The standard InChI is InChI=1S/C21H28O3/c1-3-5-15-21(20(22)23)16-9-8-11-18(21)14-13-17-10-6-7-12-19(17)24-4-2/h6-12,16,18H,3-5,13-15H2,1-2H3,(H,22,23). The van der Waals surface area contributed by atoms with E-state index in [1.54, 1.807) is 0 Å². The van der Waals surface area contributed by atoms with Crippen molar-refractivity contribution < 1.29 is 14.6 Å². The van der Waals surface area contributed by atoms with E-state index in [-0.39, 0.29) is 5.92 Å². The minimum atomic E-state index is -0.773. The first-order chi connectivity index (χ1) is 11.6. The first-order valence-corrected chi connectivity index (χ1v) is 8.94. The van der Waals surface area contributed by atoms with Crippen LogP contribution in [0.25, 0.3) is 0 Å². The molecule has 1 aromatic carbocycles. The summed E-state index contributed by atoms with van der Waals surface area (Å²) in [5, 5.41) is 9.91. The van der Waals surface area contributed by atoms with Crippen molar-refractivity contribution in [2.24, 2.45) is 11.3 Å². The molecule has 1 aliphatic carbocycles. The van der Waals surface area contributed by atoms with E-state index in [0.29, 0.717) is 13.0 Å². The third kappa shape index (κ3) is 4.08. The van der Waals surface area contributed by atoms with Gasteiger partial charge in [0.25, 0.3) is 0 Å². The highest BCUT2D eigenvalue weighted by Gasteiger charge is 2.42. The number of carboxylic acids is 1. The van der Waals surface area contributed by atoms with Gasteiger partial charge in [-0.3, -0.25) is 4.79 Å². The molecule has 2 unspecified atom stereocenters. The van der Waals surface area contributed by atoms with Crippen molar-refractivity contribution in [1.29, 1.82) is 0 Å². The fourth-order valence-corrected chi connectivity index (χ4v) is 3.47. The van der Waals surface area contributed by atoms with Crippen LogP contribution in [0.4, 0.5) is 0 Å². The van der Waals surface area contributed by atoms with Gasteiger partial charge in [0.1, 0.15) is 5.75 Å². The third-order valence-corrected chi connectivity index (χ3v) is 4.85. The molecule has 0 saturated heterocycles. The second-order valence-electron chi connectivity index (χ2n) is 6.38. The number of unbranched alkanes of at least 4 members (excludes halogenated alkanes) is 1. The number of hydrogen-bond acceptors (Lipinski definition) is 2. The molecule has 130 valence electrons. The monoisotopic (exact) mass is 328 g/mol. The number of ether oxygens (including phenoxy) is 1. The van der Waals surface area contributed by atoms with Gasteiger partial charge in [-0.1, -0.05) is 62.3 Å². The minimum Gasteiger partial charge on any atom is -0.494 e. The summed E-state index contributed by atoms with van der Waals surface area (Å²) < 4.78 is 5.69. The van der Waals surface area contributed by atoms with Gasteiger partial charge in [-0.15, -0.1) is 0 Å². The molecule has 0 amide bonds. The molecule has 1 aliphatic rings. The van der Waals surface area contributed by atoms with Crippen LogP contribution in [0.5, 0.6) is 5.75 Å². The number of hydrogen-bond donors (Lipinski definition) is 1. The highest BCUT2D eigenvalue weighted by molar-refractivity contribution is 5.78. The van der Waals surface area contributed by atoms with Crippen LogP contribution < -0.4 is 4.74 Å². The van der Waals surface area contributed by atoms with Gasteiger partial charge < -0.3 is 9.84 Å². The van der Waals surface area contributed by atoms with Gasteiger partial charge in [0, 0.05) is 0 Å².